The van der Waals surface area contributed by atoms with Gasteiger partial charge in [-0.1, -0.05) is 17.7 Å². The Bertz CT molecular complexity index is 861. The normalized spacial score (nSPS) is 11.4. The molecule has 2 aromatic rings. The zero-order valence-electron chi connectivity index (χ0n) is 14.7. The van der Waals surface area contributed by atoms with Gasteiger partial charge in [0.15, 0.2) is 0 Å². The third-order valence-electron chi connectivity index (χ3n) is 3.71. The van der Waals surface area contributed by atoms with E-state index in [1.807, 2.05) is 25.1 Å². The van der Waals surface area contributed by atoms with E-state index in [4.69, 9.17) is 4.74 Å². The summed E-state index contributed by atoms with van der Waals surface area (Å²) >= 11 is 0. The molecule has 0 aliphatic carbocycles. The van der Waals surface area contributed by atoms with Crippen molar-refractivity contribution in [2.75, 3.05) is 19.5 Å². The quantitative estimate of drug-likeness (QED) is 0.857. The van der Waals surface area contributed by atoms with Crippen LogP contribution in [0.1, 0.15) is 18.1 Å². The van der Waals surface area contributed by atoms with Crippen molar-refractivity contribution in [3.05, 3.63) is 53.6 Å². The third-order valence-corrected chi connectivity index (χ3v) is 5.53. The molecule has 0 bridgehead atoms. The maximum Gasteiger partial charge on any atom is 0.243 e. The minimum absolute atomic E-state index is 0.163. The molecule has 0 radical (unpaired) electrons. The maximum absolute atomic E-state index is 12.8. The summed E-state index contributed by atoms with van der Waals surface area (Å²) in [7, 11) is -0.570. The highest BCUT2D eigenvalue weighted by molar-refractivity contribution is 7.89. The lowest BCUT2D eigenvalue weighted by Gasteiger charge is -2.19. The smallest absolute Gasteiger partial charge is 0.243 e. The van der Waals surface area contributed by atoms with Gasteiger partial charge in [0.2, 0.25) is 15.9 Å². The standard InChI is InChI=1S/C18H22N2O4S/c1-13-5-10-18(24-4)15(11-13)12-20(3)25(22,23)17-8-6-16(7-9-17)19-14(2)21/h5-11H,12H2,1-4H3,(H,19,21). The molecule has 1 amide bonds. The van der Waals surface area contributed by atoms with Gasteiger partial charge in [0.25, 0.3) is 0 Å². The number of hydrogen-bond donors (Lipinski definition) is 1. The van der Waals surface area contributed by atoms with Crippen LogP contribution in [0.15, 0.2) is 47.4 Å². The van der Waals surface area contributed by atoms with Crippen LogP contribution in [0.3, 0.4) is 0 Å². The van der Waals surface area contributed by atoms with Crippen molar-refractivity contribution < 1.29 is 17.9 Å². The zero-order chi connectivity index (χ0) is 18.6. The molecule has 7 heteroatoms. The van der Waals surface area contributed by atoms with Crippen molar-refractivity contribution >= 4 is 21.6 Å². The summed E-state index contributed by atoms with van der Waals surface area (Å²) < 4.78 is 32.1. The SMILES string of the molecule is COc1ccc(C)cc1CN(C)S(=O)(=O)c1ccc(NC(C)=O)cc1. The summed E-state index contributed by atoms with van der Waals surface area (Å²) in [6.45, 7) is 3.53. The Balaban J connectivity index is 2.24. The lowest BCUT2D eigenvalue weighted by molar-refractivity contribution is -0.114. The zero-order valence-corrected chi connectivity index (χ0v) is 15.6. The summed E-state index contributed by atoms with van der Waals surface area (Å²) in [5.41, 5.74) is 2.37. The van der Waals surface area contributed by atoms with Crippen LogP contribution in [0.25, 0.3) is 0 Å². The summed E-state index contributed by atoms with van der Waals surface area (Å²) in [5, 5.41) is 2.61. The van der Waals surface area contributed by atoms with Gasteiger partial charge >= 0.3 is 0 Å². The van der Waals surface area contributed by atoms with Gasteiger partial charge in [0.05, 0.1) is 12.0 Å². The fourth-order valence-electron chi connectivity index (χ4n) is 2.45. The van der Waals surface area contributed by atoms with Crippen LogP contribution in [0.4, 0.5) is 5.69 Å². The molecule has 0 aliphatic rings. The van der Waals surface area contributed by atoms with Gasteiger partial charge in [-0.05, 0) is 37.3 Å². The number of ether oxygens (including phenoxy) is 1. The lowest BCUT2D eigenvalue weighted by Crippen LogP contribution is -2.26. The van der Waals surface area contributed by atoms with Crippen molar-refractivity contribution in [2.45, 2.75) is 25.3 Å². The molecule has 25 heavy (non-hydrogen) atoms. The molecule has 0 spiro atoms. The highest BCUT2D eigenvalue weighted by Crippen LogP contribution is 2.24. The number of benzene rings is 2. The minimum atomic E-state index is -3.66. The fraction of sp³-hybridized carbons (Fsp3) is 0.278. The third kappa shape index (κ3) is 4.58. The maximum atomic E-state index is 12.8. The topological polar surface area (TPSA) is 75.7 Å². The van der Waals surface area contributed by atoms with Crippen molar-refractivity contribution in [1.82, 2.24) is 4.31 Å². The first-order chi connectivity index (χ1) is 11.7. The molecular formula is C18H22N2O4S. The van der Waals surface area contributed by atoms with Crippen LogP contribution in [0, 0.1) is 6.92 Å². The molecule has 2 rings (SSSR count). The van der Waals surface area contributed by atoms with E-state index in [2.05, 4.69) is 5.32 Å². The number of amides is 1. The number of methoxy groups -OCH3 is 1. The molecule has 0 saturated carbocycles. The van der Waals surface area contributed by atoms with E-state index in [9.17, 15) is 13.2 Å². The molecule has 0 unspecified atom stereocenters. The van der Waals surface area contributed by atoms with Gasteiger partial charge in [0.1, 0.15) is 5.75 Å². The molecular weight excluding hydrogens is 340 g/mol. The van der Waals surface area contributed by atoms with Crippen molar-refractivity contribution in [1.29, 1.82) is 0 Å². The van der Waals surface area contributed by atoms with Gasteiger partial charge in [-0.2, -0.15) is 4.31 Å². The Kier molecular flexibility index (Phi) is 5.81. The first-order valence-corrected chi connectivity index (χ1v) is 9.15. The summed E-state index contributed by atoms with van der Waals surface area (Å²) in [6, 6.07) is 11.7. The molecule has 0 saturated heterocycles. The second-order valence-electron chi connectivity index (χ2n) is 5.78. The van der Waals surface area contributed by atoms with E-state index in [1.54, 1.807) is 19.2 Å². The minimum Gasteiger partial charge on any atom is -0.496 e. The molecule has 0 heterocycles. The van der Waals surface area contributed by atoms with E-state index in [1.165, 1.54) is 30.4 Å². The largest absolute Gasteiger partial charge is 0.496 e. The highest BCUT2D eigenvalue weighted by Gasteiger charge is 2.22. The first kappa shape index (κ1) is 19.0. The fourth-order valence-corrected chi connectivity index (χ4v) is 3.60. The molecule has 0 fully saturated rings. The Morgan fingerprint density at radius 2 is 1.80 bits per heavy atom. The Morgan fingerprint density at radius 3 is 2.36 bits per heavy atom. The van der Waals surface area contributed by atoms with Crippen molar-refractivity contribution in [3.8, 4) is 5.75 Å². The Labute approximate surface area is 148 Å². The lowest BCUT2D eigenvalue weighted by atomic mass is 10.1. The average molecular weight is 362 g/mol. The summed E-state index contributed by atoms with van der Waals surface area (Å²) in [5.74, 6) is 0.438. The van der Waals surface area contributed by atoms with Gasteiger partial charge < -0.3 is 10.1 Å². The molecule has 134 valence electrons. The van der Waals surface area contributed by atoms with E-state index in [0.29, 0.717) is 11.4 Å². The van der Waals surface area contributed by atoms with Crippen LogP contribution < -0.4 is 10.1 Å². The van der Waals surface area contributed by atoms with Crippen molar-refractivity contribution in [2.24, 2.45) is 0 Å². The van der Waals surface area contributed by atoms with Gasteiger partial charge in [0, 0.05) is 31.8 Å². The molecule has 0 atom stereocenters. The van der Waals surface area contributed by atoms with Crippen LogP contribution >= 0.6 is 0 Å². The number of hydrogen-bond acceptors (Lipinski definition) is 4. The predicted octanol–water partition coefficient (Wildman–Crippen LogP) is 2.78. The Morgan fingerprint density at radius 1 is 1.16 bits per heavy atom. The van der Waals surface area contributed by atoms with E-state index < -0.39 is 10.0 Å². The number of sulfonamides is 1. The van der Waals surface area contributed by atoms with E-state index in [0.717, 1.165) is 11.1 Å². The van der Waals surface area contributed by atoms with Gasteiger partial charge in [-0.15, -0.1) is 0 Å². The number of carbonyl (C=O) groups is 1. The van der Waals surface area contributed by atoms with Crippen LogP contribution in [-0.2, 0) is 21.4 Å². The Hall–Kier alpha value is -2.38. The summed E-state index contributed by atoms with van der Waals surface area (Å²) in [6.07, 6.45) is 0. The molecule has 0 aromatic heterocycles. The monoisotopic (exact) mass is 362 g/mol. The molecule has 2 aromatic carbocycles. The van der Waals surface area contributed by atoms with Gasteiger partial charge in [-0.3, -0.25) is 4.79 Å². The summed E-state index contributed by atoms with van der Waals surface area (Å²) in [4.78, 5) is 11.2. The molecule has 6 nitrogen and oxygen atoms in total. The van der Waals surface area contributed by atoms with Crippen molar-refractivity contribution in [3.63, 3.8) is 0 Å². The van der Waals surface area contributed by atoms with Gasteiger partial charge in [-0.25, -0.2) is 8.42 Å². The van der Waals surface area contributed by atoms with E-state index in [-0.39, 0.29) is 17.3 Å². The molecule has 1 N–H and O–H groups in total. The predicted molar refractivity (Wildman–Crippen MR) is 97.1 cm³/mol. The number of rotatable bonds is 6. The number of anilines is 1. The molecule has 0 aliphatic heterocycles. The second-order valence-corrected chi connectivity index (χ2v) is 7.83. The second kappa shape index (κ2) is 7.67. The number of nitrogens with zero attached hydrogens (tertiary/aromatic N) is 1. The average Bonchev–Trinajstić information content (AvgIpc) is 2.55. The van der Waals surface area contributed by atoms with Crippen LogP contribution in [0.2, 0.25) is 0 Å². The van der Waals surface area contributed by atoms with E-state index >= 15 is 0 Å². The van der Waals surface area contributed by atoms with Crippen LogP contribution in [0.5, 0.6) is 5.75 Å². The number of carbonyl (C=O) groups excluding carboxylic acids is 1. The number of aryl methyl sites for hydroxylation is 1. The number of nitrogens with one attached hydrogen (secondary N) is 1. The van der Waals surface area contributed by atoms with Crippen LogP contribution in [-0.4, -0.2) is 32.8 Å². The highest BCUT2D eigenvalue weighted by atomic mass is 32.2. The first-order valence-electron chi connectivity index (χ1n) is 7.71.